The first-order chi connectivity index (χ1) is 6.74. The van der Waals surface area contributed by atoms with Crippen molar-refractivity contribution in [3.8, 4) is 0 Å². The molecule has 0 rings (SSSR count). The molecule has 2 heteroatoms. The third-order valence-electron chi connectivity index (χ3n) is 2.54. The van der Waals surface area contributed by atoms with Crippen molar-refractivity contribution in [2.45, 2.75) is 46.5 Å². The van der Waals surface area contributed by atoms with E-state index in [1.165, 1.54) is 38.8 Å². The van der Waals surface area contributed by atoms with Crippen molar-refractivity contribution in [1.82, 2.24) is 4.90 Å². The molecule has 1 N–H and O–H groups in total. The van der Waals surface area contributed by atoms with E-state index in [9.17, 15) is 0 Å². The molecule has 0 aromatic rings. The quantitative estimate of drug-likeness (QED) is 0.619. The van der Waals surface area contributed by atoms with Crippen LogP contribution in [0.4, 0.5) is 0 Å². The maximum Gasteiger partial charge on any atom is 0.0468 e. The van der Waals surface area contributed by atoms with Crippen molar-refractivity contribution >= 4 is 0 Å². The van der Waals surface area contributed by atoms with Gasteiger partial charge in [-0.1, -0.05) is 33.6 Å². The predicted molar refractivity (Wildman–Crippen MR) is 62.5 cm³/mol. The van der Waals surface area contributed by atoms with Crippen LogP contribution in [0.1, 0.15) is 46.5 Å². The molecule has 0 aromatic heterocycles. The number of nitrogens with zero attached hydrogens (tertiary/aromatic N) is 1. The lowest BCUT2D eigenvalue weighted by atomic mass is 10.1. The zero-order valence-corrected chi connectivity index (χ0v) is 10.1. The van der Waals surface area contributed by atoms with E-state index in [2.05, 4.69) is 25.7 Å². The lowest BCUT2D eigenvalue weighted by Gasteiger charge is -2.24. The van der Waals surface area contributed by atoms with Crippen LogP contribution in [0.5, 0.6) is 0 Å². The highest BCUT2D eigenvalue weighted by molar-refractivity contribution is 4.62. The van der Waals surface area contributed by atoms with Gasteiger partial charge in [-0.05, 0) is 31.8 Å². The van der Waals surface area contributed by atoms with Crippen LogP contribution in [0.2, 0.25) is 0 Å². The predicted octanol–water partition coefficient (Wildman–Crippen LogP) is 2.52. The summed E-state index contributed by atoms with van der Waals surface area (Å²) < 4.78 is 0. The van der Waals surface area contributed by atoms with Gasteiger partial charge in [0.2, 0.25) is 0 Å². The van der Waals surface area contributed by atoms with Crippen LogP contribution in [0.25, 0.3) is 0 Å². The summed E-state index contributed by atoms with van der Waals surface area (Å²) in [4.78, 5) is 2.49. The van der Waals surface area contributed by atoms with Crippen LogP contribution in [0.3, 0.4) is 0 Å². The van der Waals surface area contributed by atoms with E-state index >= 15 is 0 Å². The Bertz CT molecular complexity index is 109. The summed E-state index contributed by atoms with van der Waals surface area (Å²) in [6.45, 7) is 10.3. The Balaban J connectivity index is 3.71. The summed E-state index contributed by atoms with van der Waals surface area (Å²) in [6.07, 6.45) is 5.08. The molecular weight excluding hydrogens is 174 g/mol. The van der Waals surface area contributed by atoms with E-state index in [0.717, 1.165) is 6.54 Å². The Morgan fingerprint density at radius 2 is 1.57 bits per heavy atom. The highest BCUT2D eigenvalue weighted by Gasteiger charge is 2.08. The number of aliphatic hydroxyl groups is 1. The second kappa shape index (κ2) is 9.47. The monoisotopic (exact) mass is 201 g/mol. The summed E-state index contributed by atoms with van der Waals surface area (Å²) in [5.41, 5.74) is 0. The third-order valence-corrected chi connectivity index (χ3v) is 2.54. The van der Waals surface area contributed by atoms with Gasteiger partial charge in [0.25, 0.3) is 0 Å². The minimum atomic E-state index is 0.314. The smallest absolute Gasteiger partial charge is 0.0468 e. The molecule has 1 atom stereocenters. The molecule has 0 bridgehead atoms. The molecule has 0 fully saturated rings. The SMILES string of the molecule is CCCCN(CCCC)CC(C)CO. The second-order valence-corrected chi connectivity index (χ2v) is 4.30. The van der Waals surface area contributed by atoms with Gasteiger partial charge in [0.1, 0.15) is 0 Å². The molecule has 1 unspecified atom stereocenters. The topological polar surface area (TPSA) is 23.5 Å². The lowest BCUT2D eigenvalue weighted by Crippen LogP contribution is -2.31. The molecule has 86 valence electrons. The van der Waals surface area contributed by atoms with Gasteiger partial charge in [0.05, 0.1) is 0 Å². The standard InChI is InChI=1S/C12H27NO/c1-4-6-8-13(9-7-5-2)10-12(3)11-14/h12,14H,4-11H2,1-3H3. The van der Waals surface area contributed by atoms with Crippen molar-refractivity contribution in [1.29, 1.82) is 0 Å². The lowest BCUT2D eigenvalue weighted by molar-refractivity contribution is 0.170. The summed E-state index contributed by atoms with van der Waals surface area (Å²) in [5, 5.41) is 9.01. The Labute approximate surface area is 89.3 Å². The first-order valence-electron chi connectivity index (χ1n) is 6.07. The van der Waals surface area contributed by atoms with Gasteiger partial charge in [-0.3, -0.25) is 0 Å². The summed E-state index contributed by atoms with van der Waals surface area (Å²) >= 11 is 0. The summed E-state index contributed by atoms with van der Waals surface area (Å²) in [5.74, 6) is 0.420. The number of hydrogen-bond acceptors (Lipinski definition) is 2. The number of rotatable bonds is 9. The summed E-state index contributed by atoms with van der Waals surface area (Å²) in [7, 11) is 0. The van der Waals surface area contributed by atoms with Crippen molar-refractivity contribution in [3.63, 3.8) is 0 Å². The largest absolute Gasteiger partial charge is 0.396 e. The molecule has 0 heterocycles. The first-order valence-corrected chi connectivity index (χ1v) is 6.07. The van der Waals surface area contributed by atoms with Crippen molar-refractivity contribution in [3.05, 3.63) is 0 Å². The molecule has 0 saturated heterocycles. The third kappa shape index (κ3) is 7.34. The summed E-state index contributed by atoms with van der Waals surface area (Å²) in [6, 6.07) is 0. The van der Waals surface area contributed by atoms with Crippen LogP contribution in [-0.4, -0.2) is 36.2 Å². The van der Waals surface area contributed by atoms with Gasteiger partial charge < -0.3 is 10.0 Å². The Hall–Kier alpha value is -0.0800. The normalized spacial score (nSPS) is 13.5. The van der Waals surface area contributed by atoms with Crippen LogP contribution < -0.4 is 0 Å². The molecule has 0 aliphatic carbocycles. The van der Waals surface area contributed by atoms with Crippen LogP contribution in [0.15, 0.2) is 0 Å². The van der Waals surface area contributed by atoms with E-state index < -0.39 is 0 Å². The van der Waals surface area contributed by atoms with Crippen molar-refractivity contribution < 1.29 is 5.11 Å². The van der Waals surface area contributed by atoms with Gasteiger partial charge in [-0.15, -0.1) is 0 Å². The highest BCUT2D eigenvalue weighted by Crippen LogP contribution is 2.03. The molecule has 0 spiro atoms. The minimum absolute atomic E-state index is 0.314. The van der Waals surface area contributed by atoms with Crippen LogP contribution >= 0.6 is 0 Å². The fraction of sp³-hybridized carbons (Fsp3) is 1.00. The van der Waals surface area contributed by atoms with Gasteiger partial charge in [0.15, 0.2) is 0 Å². The molecule has 0 saturated carbocycles. The molecule has 14 heavy (non-hydrogen) atoms. The first kappa shape index (κ1) is 13.9. The number of aliphatic hydroxyl groups excluding tert-OH is 1. The fourth-order valence-corrected chi connectivity index (χ4v) is 1.56. The Kier molecular flexibility index (Phi) is 9.42. The van der Waals surface area contributed by atoms with Gasteiger partial charge in [0, 0.05) is 13.2 Å². The molecule has 0 amide bonds. The number of unbranched alkanes of at least 4 members (excludes halogenated alkanes) is 2. The fourth-order valence-electron chi connectivity index (χ4n) is 1.56. The molecule has 0 aliphatic heterocycles. The second-order valence-electron chi connectivity index (χ2n) is 4.30. The zero-order valence-electron chi connectivity index (χ0n) is 10.1. The Morgan fingerprint density at radius 3 is 1.93 bits per heavy atom. The maximum atomic E-state index is 9.01. The van der Waals surface area contributed by atoms with E-state index in [-0.39, 0.29) is 0 Å². The number of hydrogen-bond donors (Lipinski definition) is 1. The average molecular weight is 201 g/mol. The maximum absolute atomic E-state index is 9.01. The van der Waals surface area contributed by atoms with Crippen molar-refractivity contribution in [2.75, 3.05) is 26.2 Å². The molecule has 0 radical (unpaired) electrons. The van der Waals surface area contributed by atoms with Crippen LogP contribution in [-0.2, 0) is 0 Å². The van der Waals surface area contributed by atoms with E-state index in [4.69, 9.17) is 5.11 Å². The van der Waals surface area contributed by atoms with Gasteiger partial charge in [-0.2, -0.15) is 0 Å². The van der Waals surface area contributed by atoms with E-state index in [0.29, 0.717) is 12.5 Å². The van der Waals surface area contributed by atoms with Gasteiger partial charge in [-0.25, -0.2) is 0 Å². The highest BCUT2D eigenvalue weighted by atomic mass is 16.3. The van der Waals surface area contributed by atoms with Crippen LogP contribution in [0, 0.1) is 5.92 Å². The minimum Gasteiger partial charge on any atom is -0.396 e. The average Bonchev–Trinajstić information content (AvgIpc) is 2.21. The molecule has 2 nitrogen and oxygen atoms in total. The molecule has 0 aromatic carbocycles. The Morgan fingerprint density at radius 1 is 1.07 bits per heavy atom. The zero-order chi connectivity index (χ0) is 10.8. The molecular formula is C12H27NO. The van der Waals surface area contributed by atoms with Gasteiger partial charge >= 0.3 is 0 Å². The molecule has 0 aliphatic rings. The van der Waals surface area contributed by atoms with E-state index in [1.807, 2.05) is 0 Å². The van der Waals surface area contributed by atoms with Crippen molar-refractivity contribution in [2.24, 2.45) is 5.92 Å². The van der Waals surface area contributed by atoms with E-state index in [1.54, 1.807) is 0 Å².